The van der Waals surface area contributed by atoms with Crippen LogP contribution in [0.1, 0.15) is 11.5 Å². The molecule has 0 aliphatic rings. The van der Waals surface area contributed by atoms with E-state index in [0.29, 0.717) is 11.6 Å². The van der Waals surface area contributed by atoms with Gasteiger partial charge in [0, 0.05) is 11.4 Å². The molecule has 0 bridgehead atoms. The lowest BCUT2D eigenvalue weighted by Gasteiger charge is -2.09. The van der Waals surface area contributed by atoms with E-state index in [1.165, 1.54) is 0 Å². The molecule has 2 amide bonds. The summed E-state index contributed by atoms with van der Waals surface area (Å²) < 4.78 is 1.82. The highest BCUT2D eigenvalue weighted by molar-refractivity contribution is 5.88. The Labute approximate surface area is 133 Å². The van der Waals surface area contributed by atoms with Gasteiger partial charge < -0.3 is 5.32 Å². The Morgan fingerprint density at radius 2 is 1.96 bits per heavy atom. The van der Waals surface area contributed by atoms with Gasteiger partial charge >= 0.3 is 6.03 Å². The summed E-state index contributed by atoms with van der Waals surface area (Å²) in [6, 6.07) is 14.8. The van der Waals surface area contributed by atoms with Gasteiger partial charge in [-0.3, -0.25) is 9.88 Å². The molecule has 0 saturated heterocycles. The van der Waals surface area contributed by atoms with Crippen molar-refractivity contribution in [2.45, 2.75) is 13.5 Å². The highest BCUT2D eigenvalue weighted by Crippen LogP contribution is 2.09. The zero-order valence-corrected chi connectivity index (χ0v) is 12.6. The number of rotatable bonds is 4. The number of urea groups is 1. The number of anilines is 1. The van der Waals surface area contributed by atoms with Gasteiger partial charge in [-0.1, -0.05) is 24.3 Å². The Hall–Kier alpha value is -3.22. The minimum Gasteiger partial charge on any atom is -0.331 e. The van der Waals surface area contributed by atoms with Crippen LogP contribution < -0.4 is 10.6 Å². The molecule has 2 N–H and O–H groups in total. The number of hydrogen-bond donors (Lipinski definition) is 2. The van der Waals surface area contributed by atoms with Crippen molar-refractivity contribution in [2.75, 3.05) is 5.32 Å². The second-order valence-electron chi connectivity index (χ2n) is 4.92. The number of nitrogens with one attached hydrogen (secondary N) is 2. The maximum atomic E-state index is 11.9. The summed E-state index contributed by atoms with van der Waals surface area (Å²) in [6.07, 6.45) is 1.62. The highest BCUT2D eigenvalue weighted by Gasteiger charge is 2.08. The maximum absolute atomic E-state index is 11.9. The summed E-state index contributed by atoms with van der Waals surface area (Å²) >= 11 is 0. The van der Waals surface area contributed by atoms with Gasteiger partial charge in [0.1, 0.15) is 12.1 Å². The predicted octanol–water partition coefficient (Wildman–Crippen LogP) is 2.29. The van der Waals surface area contributed by atoms with Crippen molar-refractivity contribution >= 4 is 11.8 Å². The molecule has 23 heavy (non-hydrogen) atoms. The Bertz CT molecular complexity index is 799. The normalized spacial score (nSPS) is 10.3. The number of pyridine rings is 1. The summed E-state index contributed by atoms with van der Waals surface area (Å²) in [5, 5.41) is 13.4. The first-order valence-corrected chi connectivity index (χ1v) is 7.15. The monoisotopic (exact) mass is 308 g/mol. The third-order valence-electron chi connectivity index (χ3n) is 3.19. The quantitative estimate of drug-likeness (QED) is 0.774. The molecule has 0 spiro atoms. The zero-order chi connectivity index (χ0) is 16.1. The lowest BCUT2D eigenvalue weighted by Crippen LogP contribution is -2.29. The fraction of sp³-hybridized carbons (Fsp3) is 0.125. The average molecular weight is 308 g/mol. The Morgan fingerprint density at radius 3 is 2.74 bits per heavy atom. The molecule has 7 nitrogen and oxygen atoms in total. The smallest absolute Gasteiger partial charge is 0.320 e. The number of benzene rings is 1. The van der Waals surface area contributed by atoms with Crippen LogP contribution in [-0.2, 0) is 6.54 Å². The van der Waals surface area contributed by atoms with E-state index in [1.807, 2.05) is 54.0 Å². The molecule has 1 aromatic carbocycles. The van der Waals surface area contributed by atoms with Crippen molar-refractivity contribution in [2.24, 2.45) is 0 Å². The van der Waals surface area contributed by atoms with Gasteiger partial charge in [0.25, 0.3) is 0 Å². The van der Waals surface area contributed by atoms with Gasteiger partial charge in [-0.2, -0.15) is 0 Å². The van der Waals surface area contributed by atoms with E-state index in [4.69, 9.17) is 0 Å². The third-order valence-corrected chi connectivity index (χ3v) is 3.19. The number of nitrogens with zero attached hydrogens (tertiary/aromatic N) is 4. The molecule has 0 unspecified atom stereocenters. The highest BCUT2D eigenvalue weighted by atomic mass is 16.2. The van der Waals surface area contributed by atoms with Gasteiger partial charge in [-0.25, -0.2) is 9.78 Å². The first-order chi connectivity index (χ1) is 11.2. The van der Waals surface area contributed by atoms with Crippen LogP contribution in [0.3, 0.4) is 0 Å². The molecule has 0 aliphatic carbocycles. The fourth-order valence-corrected chi connectivity index (χ4v) is 2.12. The molecule has 0 radical (unpaired) electrons. The van der Waals surface area contributed by atoms with Gasteiger partial charge in [0.2, 0.25) is 0 Å². The lowest BCUT2D eigenvalue weighted by molar-refractivity contribution is 0.251. The van der Waals surface area contributed by atoms with Crippen LogP contribution in [0.15, 0.2) is 54.9 Å². The molecule has 0 saturated carbocycles. The minimum atomic E-state index is -0.342. The summed E-state index contributed by atoms with van der Waals surface area (Å²) in [7, 11) is 0. The van der Waals surface area contributed by atoms with E-state index >= 15 is 0 Å². The summed E-state index contributed by atoms with van der Waals surface area (Å²) in [4.78, 5) is 16.2. The molecular formula is C16H16N6O. The van der Waals surface area contributed by atoms with Crippen molar-refractivity contribution in [3.63, 3.8) is 0 Å². The Balaban J connectivity index is 1.63. The van der Waals surface area contributed by atoms with E-state index in [9.17, 15) is 4.79 Å². The molecule has 3 aromatic rings. The van der Waals surface area contributed by atoms with Gasteiger partial charge in [0.15, 0.2) is 5.82 Å². The molecule has 2 heterocycles. The molecular weight excluding hydrogens is 292 g/mol. The van der Waals surface area contributed by atoms with Crippen molar-refractivity contribution in [3.8, 4) is 5.69 Å². The number of amides is 2. The molecule has 0 atom stereocenters. The van der Waals surface area contributed by atoms with Crippen LogP contribution in [-0.4, -0.2) is 25.8 Å². The van der Waals surface area contributed by atoms with Crippen LogP contribution in [0, 0.1) is 6.92 Å². The first-order valence-electron chi connectivity index (χ1n) is 7.15. The fourth-order valence-electron chi connectivity index (χ4n) is 2.12. The maximum Gasteiger partial charge on any atom is 0.320 e. The summed E-state index contributed by atoms with van der Waals surface area (Å²) in [5.41, 5.74) is 1.78. The summed E-state index contributed by atoms with van der Waals surface area (Å²) in [5.74, 6) is 1.15. The van der Waals surface area contributed by atoms with E-state index in [1.54, 1.807) is 12.4 Å². The standard InChI is InChI=1S/C16H16N6O/c1-12-6-5-9-14(19-12)20-16(23)17-10-15-21-18-11-22(15)13-7-3-2-4-8-13/h2-9,11H,10H2,1H3,(H2,17,19,20,23). The van der Waals surface area contributed by atoms with Crippen molar-refractivity contribution in [3.05, 3.63) is 66.4 Å². The number of carbonyl (C=O) groups excluding carboxylic acids is 1. The average Bonchev–Trinajstić information content (AvgIpc) is 3.02. The SMILES string of the molecule is Cc1cccc(NC(=O)NCc2nncn2-c2ccccc2)n1. The first kappa shape index (κ1) is 14.7. The topological polar surface area (TPSA) is 84.7 Å². The zero-order valence-electron chi connectivity index (χ0n) is 12.6. The number of aryl methyl sites for hydroxylation is 1. The summed E-state index contributed by atoms with van der Waals surface area (Å²) in [6.45, 7) is 2.12. The lowest BCUT2D eigenvalue weighted by atomic mass is 10.3. The number of para-hydroxylation sites is 1. The minimum absolute atomic E-state index is 0.256. The second-order valence-corrected chi connectivity index (χ2v) is 4.92. The predicted molar refractivity (Wildman–Crippen MR) is 86.2 cm³/mol. The molecule has 0 aliphatic heterocycles. The van der Waals surface area contributed by atoms with Crippen LogP contribution in [0.2, 0.25) is 0 Å². The second kappa shape index (κ2) is 6.69. The number of aromatic nitrogens is 4. The van der Waals surface area contributed by atoms with Gasteiger partial charge in [0.05, 0.1) is 6.54 Å². The Kier molecular flexibility index (Phi) is 4.28. The molecule has 7 heteroatoms. The number of hydrogen-bond acceptors (Lipinski definition) is 4. The van der Waals surface area contributed by atoms with E-state index in [0.717, 1.165) is 11.4 Å². The Morgan fingerprint density at radius 1 is 1.13 bits per heavy atom. The van der Waals surface area contributed by atoms with E-state index in [2.05, 4.69) is 25.8 Å². The van der Waals surface area contributed by atoms with Crippen molar-refractivity contribution in [1.82, 2.24) is 25.1 Å². The number of carbonyl (C=O) groups is 1. The van der Waals surface area contributed by atoms with Gasteiger partial charge in [-0.15, -0.1) is 10.2 Å². The largest absolute Gasteiger partial charge is 0.331 e. The molecule has 2 aromatic heterocycles. The van der Waals surface area contributed by atoms with Crippen LogP contribution in [0.5, 0.6) is 0 Å². The van der Waals surface area contributed by atoms with E-state index < -0.39 is 0 Å². The third kappa shape index (κ3) is 3.70. The molecule has 0 fully saturated rings. The van der Waals surface area contributed by atoms with E-state index in [-0.39, 0.29) is 12.6 Å². The molecule has 116 valence electrons. The van der Waals surface area contributed by atoms with Crippen molar-refractivity contribution in [1.29, 1.82) is 0 Å². The van der Waals surface area contributed by atoms with Crippen LogP contribution >= 0.6 is 0 Å². The van der Waals surface area contributed by atoms with Gasteiger partial charge in [-0.05, 0) is 31.2 Å². The van der Waals surface area contributed by atoms with Crippen LogP contribution in [0.25, 0.3) is 5.69 Å². The van der Waals surface area contributed by atoms with Crippen molar-refractivity contribution < 1.29 is 4.79 Å². The van der Waals surface area contributed by atoms with Crippen LogP contribution in [0.4, 0.5) is 10.6 Å². The molecule has 3 rings (SSSR count).